The van der Waals surface area contributed by atoms with Gasteiger partial charge in [0.2, 0.25) is 0 Å². The quantitative estimate of drug-likeness (QED) is 0.416. The summed E-state index contributed by atoms with van der Waals surface area (Å²) in [6.45, 7) is 3.10. The van der Waals surface area contributed by atoms with Crippen molar-refractivity contribution in [3.05, 3.63) is 101 Å². The van der Waals surface area contributed by atoms with Gasteiger partial charge in [0.25, 0.3) is 17.7 Å². The largest absolute Gasteiger partial charge is 0.497 e. The van der Waals surface area contributed by atoms with Crippen LogP contribution in [0.3, 0.4) is 0 Å². The molecule has 0 unspecified atom stereocenters. The number of carbonyl (C=O) groups is 3. The Morgan fingerprint density at radius 1 is 0.923 bits per heavy atom. The van der Waals surface area contributed by atoms with Crippen molar-refractivity contribution in [2.75, 3.05) is 39.6 Å². The summed E-state index contributed by atoms with van der Waals surface area (Å²) in [4.78, 5) is 41.4. The van der Waals surface area contributed by atoms with E-state index >= 15 is 0 Å². The molecule has 1 heterocycles. The van der Waals surface area contributed by atoms with Gasteiger partial charge < -0.3 is 19.9 Å². The molecular weight excluding hydrogens is 490 g/mol. The van der Waals surface area contributed by atoms with E-state index in [-0.39, 0.29) is 17.7 Å². The highest BCUT2D eigenvalue weighted by molar-refractivity contribution is 6.06. The Bertz CT molecular complexity index is 1350. The lowest BCUT2D eigenvalue weighted by Gasteiger charge is -2.32. The third-order valence-electron chi connectivity index (χ3n) is 7.04. The Kier molecular flexibility index (Phi) is 8.81. The third kappa shape index (κ3) is 6.93. The molecule has 1 fully saturated rings. The monoisotopic (exact) mass is 525 g/mol. The number of benzene rings is 3. The molecule has 3 amide bonds. The summed E-state index contributed by atoms with van der Waals surface area (Å²) in [6.07, 6.45) is 3.56. The first kappa shape index (κ1) is 27.6. The second-order valence-electron chi connectivity index (χ2n) is 10.0. The molecule has 3 aromatic rings. The zero-order valence-corrected chi connectivity index (χ0v) is 22.9. The van der Waals surface area contributed by atoms with Crippen molar-refractivity contribution >= 4 is 29.5 Å². The van der Waals surface area contributed by atoms with Gasteiger partial charge in [0.15, 0.2) is 0 Å². The minimum atomic E-state index is -0.151. The van der Waals surface area contributed by atoms with Crippen LogP contribution in [0.4, 0.5) is 5.69 Å². The number of nitrogens with one attached hydrogen (secondary N) is 1. The Morgan fingerprint density at radius 2 is 1.56 bits per heavy atom. The Morgan fingerprint density at radius 3 is 2.18 bits per heavy atom. The minimum absolute atomic E-state index is 0.0435. The molecule has 1 aliphatic heterocycles. The first-order valence-electron chi connectivity index (χ1n) is 13.1. The van der Waals surface area contributed by atoms with E-state index in [0.717, 1.165) is 29.8 Å². The maximum absolute atomic E-state index is 13.1. The van der Waals surface area contributed by atoms with Crippen molar-refractivity contribution in [1.82, 2.24) is 9.80 Å². The summed E-state index contributed by atoms with van der Waals surface area (Å²) in [5.41, 5.74) is 4.53. The second kappa shape index (κ2) is 12.4. The number of ether oxygens (including phenoxy) is 1. The highest BCUT2D eigenvalue weighted by Gasteiger charge is 2.25. The molecule has 1 N–H and O–H groups in total. The van der Waals surface area contributed by atoms with Crippen molar-refractivity contribution in [3.63, 3.8) is 0 Å². The number of methoxy groups -OCH3 is 1. The Balaban J connectivity index is 1.31. The predicted molar refractivity (Wildman–Crippen MR) is 154 cm³/mol. The molecule has 1 aliphatic rings. The number of anilines is 1. The molecule has 3 aromatic carbocycles. The number of rotatable bonds is 7. The van der Waals surface area contributed by atoms with Crippen LogP contribution in [0.2, 0.25) is 0 Å². The van der Waals surface area contributed by atoms with E-state index in [2.05, 4.69) is 17.4 Å². The summed E-state index contributed by atoms with van der Waals surface area (Å²) in [6, 6.07) is 22.4. The molecule has 0 bridgehead atoms. The average Bonchev–Trinajstić information content (AvgIpc) is 2.97. The maximum atomic E-state index is 13.1. The average molecular weight is 526 g/mol. The fraction of sp³-hybridized carbons (Fsp3) is 0.281. The Hall–Kier alpha value is -4.39. The summed E-state index contributed by atoms with van der Waals surface area (Å²) < 4.78 is 5.18. The molecular formula is C32H35N3O4. The van der Waals surface area contributed by atoms with Gasteiger partial charge in [0.1, 0.15) is 5.75 Å². The van der Waals surface area contributed by atoms with Crippen LogP contribution >= 0.6 is 0 Å². The van der Waals surface area contributed by atoms with Crippen molar-refractivity contribution in [2.45, 2.75) is 25.7 Å². The molecule has 39 heavy (non-hydrogen) atoms. The number of nitrogens with zero attached hydrogens (tertiary/aromatic N) is 2. The van der Waals surface area contributed by atoms with Crippen LogP contribution in [0, 0.1) is 0 Å². The van der Waals surface area contributed by atoms with Crippen LogP contribution in [0.5, 0.6) is 5.75 Å². The topological polar surface area (TPSA) is 79.0 Å². The molecule has 7 heteroatoms. The van der Waals surface area contributed by atoms with E-state index in [1.807, 2.05) is 47.4 Å². The fourth-order valence-electron chi connectivity index (χ4n) is 4.73. The minimum Gasteiger partial charge on any atom is -0.497 e. The van der Waals surface area contributed by atoms with E-state index in [0.29, 0.717) is 35.7 Å². The number of likely N-dealkylation sites (tertiary alicyclic amines) is 1. The van der Waals surface area contributed by atoms with Gasteiger partial charge in [-0.25, -0.2) is 0 Å². The van der Waals surface area contributed by atoms with Crippen LogP contribution in [0.1, 0.15) is 57.5 Å². The van der Waals surface area contributed by atoms with Gasteiger partial charge in [-0.1, -0.05) is 30.3 Å². The summed E-state index contributed by atoms with van der Waals surface area (Å²) >= 11 is 0. The lowest BCUT2D eigenvalue weighted by atomic mass is 9.89. The first-order valence-corrected chi connectivity index (χ1v) is 13.1. The van der Waals surface area contributed by atoms with Crippen molar-refractivity contribution in [2.24, 2.45) is 0 Å². The highest BCUT2D eigenvalue weighted by atomic mass is 16.5. The first-order chi connectivity index (χ1) is 18.7. The predicted octanol–water partition coefficient (Wildman–Crippen LogP) is 5.46. The molecule has 0 saturated carbocycles. The number of hydrogen-bond donors (Lipinski definition) is 1. The smallest absolute Gasteiger partial charge is 0.253 e. The highest BCUT2D eigenvalue weighted by Crippen LogP contribution is 2.30. The number of piperidine rings is 1. The third-order valence-corrected chi connectivity index (χ3v) is 7.04. The van der Waals surface area contributed by atoms with Gasteiger partial charge in [0.05, 0.1) is 7.11 Å². The molecule has 0 radical (unpaired) electrons. The van der Waals surface area contributed by atoms with Gasteiger partial charge in [-0.3, -0.25) is 14.4 Å². The standard InChI is InChI=1S/C32H35N3O4/c1-22(20-23-8-14-29(39-4)15-9-23)30(36)33-28-12-10-24(11-13-28)25-16-18-35(19-17-25)32(38)27-7-5-6-26(21-27)31(37)34(2)3/h5-15,20-21,25H,16-19H2,1-4H3,(H,33,36)/b22-20+. The van der Waals surface area contributed by atoms with E-state index in [4.69, 9.17) is 4.74 Å². The molecule has 0 aliphatic carbocycles. The van der Waals surface area contributed by atoms with Crippen LogP contribution in [-0.2, 0) is 4.79 Å². The molecule has 7 nitrogen and oxygen atoms in total. The molecule has 0 atom stereocenters. The van der Waals surface area contributed by atoms with Crippen molar-refractivity contribution in [1.29, 1.82) is 0 Å². The van der Waals surface area contributed by atoms with E-state index in [1.165, 1.54) is 10.5 Å². The fourth-order valence-corrected chi connectivity index (χ4v) is 4.73. The molecule has 1 saturated heterocycles. The van der Waals surface area contributed by atoms with Crippen LogP contribution in [0.25, 0.3) is 6.08 Å². The zero-order chi connectivity index (χ0) is 27.9. The van der Waals surface area contributed by atoms with Gasteiger partial charge in [-0.2, -0.15) is 0 Å². The van der Waals surface area contributed by atoms with Crippen LogP contribution in [0.15, 0.2) is 78.4 Å². The van der Waals surface area contributed by atoms with Crippen molar-refractivity contribution < 1.29 is 19.1 Å². The lowest BCUT2D eigenvalue weighted by Crippen LogP contribution is -2.38. The normalized spacial score (nSPS) is 14.1. The summed E-state index contributed by atoms with van der Waals surface area (Å²) in [5, 5.41) is 2.96. The second-order valence-corrected chi connectivity index (χ2v) is 10.0. The van der Waals surface area contributed by atoms with Crippen molar-refractivity contribution in [3.8, 4) is 5.75 Å². The molecule has 0 spiro atoms. The van der Waals surface area contributed by atoms with Crippen LogP contribution < -0.4 is 10.1 Å². The number of hydrogen-bond acceptors (Lipinski definition) is 4. The van der Waals surface area contributed by atoms with Gasteiger partial charge in [-0.15, -0.1) is 0 Å². The van der Waals surface area contributed by atoms with Crippen LogP contribution in [-0.4, -0.2) is 61.8 Å². The van der Waals surface area contributed by atoms with Gasteiger partial charge in [0, 0.05) is 49.6 Å². The zero-order valence-electron chi connectivity index (χ0n) is 22.9. The van der Waals surface area contributed by atoms with E-state index in [1.54, 1.807) is 52.4 Å². The molecule has 4 rings (SSSR count). The lowest BCUT2D eigenvalue weighted by molar-refractivity contribution is -0.112. The van der Waals surface area contributed by atoms with E-state index < -0.39 is 0 Å². The summed E-state index contributed by atoms with van der Waals surface area (Å²) in [5.74, 6) is 0.804. The molecule has 202 valence electrons. The summed E-state index contributed by atoms with van der Waals surface area (Å²) in [7, 11) is 5.02. The van der Waals surface area contributed by atoms with Gasteiger partial charge in [-0.05, 0) is 85.4 Å². The number of carbonyl (C=O) groups excluding carboxylic acids is 3. The SMILES string of the molecule is COc1ccc(/C=C(\C)C(=O)Nc2ccc(C3CCN(C(=O)c4cccc(C(=O)N(C)C)c4)CC3)cc2)cc1. The maximum Gasteiger partial charge on any atom is 0.253 e. The Labute approximate surface area is 230 Å². The van der Waals surface area contributed by atoms with Gasteiger partial charge >= 0.3 is 0 Å². The number of amides is 3. The van der Waals surface area contributed by atoms with E-state index in [9.17, 15) is 14.4 Å². The molecule has 0 aromatic heterocycles.